The van der Waals surface area contributed by atoms with Gasteiger partial charge in [0.2, 0.25) is 0 Å². The zero-order chi connectivity index (χ0) is 52.7. The molecule has 17 heteroatoms. The highest BCUT2D eigenvalue weighted by atomic mass is 127. The molecule has 0 saturated carbocycles. The third-order valence-corrected chi connectivity index (χ3v) is 14.6. The van der Waals surface area contributed by atoms with Crippen molar-refractivity contribution in [2.75, 3.05) is 25.5 Å². The molecule has 1 aromatic carbocycles. The van der Waals surface area contributed by atoms with Crippen LogP contribution in [0.3, 0.4) is 0 Å². The van der Waals surface area contributed by atoms with Gasteiger partial charge >= 0.3 is 17.9 Å². The topological polar surface area (TPSA) is 221 Å². The van der Waals surface area contributed by atoms with E-state index in [1.165, 1.54) is 135 Å². The number of hydrogen-bond donors (Lipinski definition) is 4. The van der Waals surface area contributed by atoms with Crippen molar-refractivity contribution in [3.05, 3.63) is 33.4 Å². The van der Waals surface area contributed by atoms with Gasteiger partial charge in [0.15, 0.2) is 18.5 Å². The second-order valence-electron chi connectivity index (χ2n) is 19.8. The fourth-order valence-corrected chi connectivity index (χ4v) is 9.87. The molecule has 0 radical (unpaired) electrons. The molecule has 1 saturated heterocycles. The van der Waals surface area contributed by atoms with Crippen LogP contribution in [0.5, 0.6) is 0 Å². The van der Waals surface area contributed by atoms with Crippen molar-refractivity contribution in [2.24, 2.45) is 0 Å². The molecule has 0 aromatic heterocycles. The lowest BCUT2D eigenvalue weighted by Crippen LogP contribution is -2.61. The summed E-state index contributed by atoms with van der Waals surface area (Å²) in [5.41, 5.74) is 0.369. The number of amides is 1. The Labute approximate surface area is 447 Å². The summed E-state index contributed by atoms with van der Waals surface area (Å²) in [4.78, 5) is 51.2. The van der Waals surface area contributed by atoms with Gasteiger partial charge in [0.1, 0.15) is 30.7 Å². The van der Waals surface area contributed by atoms with E-state index in [4.69, 9.17) is 23.7 Å². The van der Waals surface area contributed by atoms with Crippen molar-refractivity contribution in [2.45, 2.75) is 263 Å². The Kier molecular flexibility index (Phi) is 38.1. The van der Waals surface area contributed by atoms with Crippen molar-refractivity contribution in [3.8, 4) is 0 Å². The highest BCUT2D eigenvalue weighted by Crippen LogP contribution is 2.27. The molecule has 1 fully saturated rings. The smallest absolute Gasteiger partial charge is 0.308 e. The maximum atomic E-state index is 13.1. The molecule has 2 unspecified atom stereocenters. The first-order chi connectivity index (χ1) is 34.7. The van der Waals surface area contributed by atoms with E-state index in [0.717, 1.165) is 48.5 Å². The lowest BCUT2D eigenvalue weighted by Gasteiger charge is -2.41. The molecule has 0 bridgehead atoms. The van der Waals surface area contributed by atoms with Gasteiger partial charge in [-0.25, -0.2) is 0 Å². The van der Waals surface area contributed by atoms with Gasteiger partial charge in [-0.05, 0) is 59.7 Å². The van der Waals surface area contributed by atoms with Crippen molar-refractivity contribution < 1.29 is 66.0 Å². The monoisotopic (exact) mass is 1150 g/mol. The summed E-state index contributed by atoms with van der Waals surface area (Å²) in [7, 11) is -4.78. The van der Waals surface area contributed by atoms with E-state index in [0.29, 0.717) is 18.4 Å². The van der Waals surface area contributed by atoms with Crippen LogP contribution in [0.1, 0.15) is 236 Å². The fourth-order valence-electron chi connectivity index (χ4n) is 8.83. The van der Waals surface area contributed by atoms with Gasteiger partial charge in [0.05, 0.1) is 13.0 Å². The number of ether oxygens (including phenoxy) is 5. The molecular formula is C55H94INO14S. The first kappa shape index (κ1) is 65.7. The maximum Gasteiger partial charge on any atom is 0.308 e. The minimum atomic E-state index is -4.78. The van der Waals surface area contributed by atoms with Gasteiger partial charge in [-0.3, -0.25) is 23.7 Å². The average Bonchev–Trinajstić information content (AvgIpc) is 3.34. The van der Waals surface area contributed by atoms with E-state index in [2.05, 4.69) is 41.8 Å². The first-order valence-electron chi connectivity index (χ1n) is 27.9. The Morgan fingerprint density at radius 2 is 1.03 bits per heavy atom. The average molecular weight is 1150 g/mol. The summed E-state index contributed by atoms with van der Waals surface area (Å²) in [6.45, 7) is 3.49. The Bertz CT molecular complexity index is 1680. The predicted molar refractivity (Wildman–Crippen MR) is 289 cm³/mol. The van der Waals surface area contributed by atoms with Gasteiger partial charge in [-0.1, -0.05) is 194 Å². The van der Waals surface area contributed by atoms with Crippen LogP contribution in [0.15, 0.2) is 24.3 Å². The molecular weight excluding hydrogens is 1060 g/mol. The van der Waals surface area contributed by atoms with E-state index in [1.807, 2.05) is 0 Å². The lowest BCUT2D eigenvalue weighted by atomic mass is 9.99. The quantitative estimate of drug-likeness (QED) is 0.0157. The zero-order valence-corrected chi connectivity index (χ0v) is 47.0. The number of unbranched alkanes of at least 4 members (excludes halogenated alkanes) is 28. The Balaban J connectivity index is 1.87. The van der Waals surface area contributed by atoms with Crippen LogP contribution in [0.2, 0.25) is 0 Å². The van der Waals surface area contributed by atoms with Gasteiger partial charge in [0, 0.05) is 28.5 Å². The van der Waals surface area contributed by atoms with Crippen LogP contribution >= 0.6 is 22.6 Å². The molecule has 72 heavy (non-hydrogen) atoms. The number of esters is 3. The predicted octanol–water partition coefficient (Wildman–Crippen LogP) is 11.7. The molecule has 0 spiro atoms. The maximum absolute atomic E-state index is 13.1. The molecule has 1 aliphatic rings. The minimum absolute atomic E-state index is 0.127. The third-order valence-electron chi connectivity index (χ3n) is 13.1. The summed E-state index contributed by atoms with van der Waals surface area (Å²) in [6.07, 6.45) is 25.5. The molecule has 4 N–H and O–H groups in total. The van der Waals surface area contributed by atoms with Gasteiger partial charge in [0.25, 0.3) is 16.0 Å². The number of carbonyl (C=O) groups excluding carboxylic acids is 4. The number of halogens is 1. The Morgan fingerprint density at radius 1 is 0.597 bits per heavy atom. The summed E-state index contributed by atoms with van der Waals surface area (Å²) in [6, 6.07) is 6.74. The van der Waals surface area contributed by atoms with Crippen molar-refractivity contribution in [1.29, 1.82) is 0 Å². The minimum Gasteiger partial charge on any atom is -0.462 e. The van der Waals surface area contributed by atoms with Crippen LogP contribution in [-0.2, 0) is 48.2 Å². The van der Waals surface area contributed by atoms with Crippen molar-refractivity contribution >= 4 is 56.5 Å². The molecule has 6 atom stereocenters. The van der Waals surface area contributed by atoms with E-state index < -0.39 is 83.1 Å². The van der Waals surface area contributed by atoms with Crippen LogP contribution in [-0.4, -0.2) is 109 Å². The second-order valence-corrected chi connectivity index (χ2v) is 22.5. The van der Waals surface area contributed by atoms with Crippen molar-refractivity contribution in [3.63, 3.8) is 0 Å². The van der Waals surface area contributed by atoms with Gasteiger partial charge in [-0.15, -0.1) is 0 Å². The van der Waals surface area contributed by atoms with E-state index in [1.54, 1.807) is 24.3 Å². The van der Waals surface area contributed by atoms with Crippen LogP contribution in [0.25, 0.3) is 0 Å². The SMILES string of the molecule is CCCCCCCCCCCCCCCCCC(=O)OCC(COC1O[C@H](CS(=O)(=O)O)[C@@H](OC(=O)CCNC(=O)c2ccc(I)cc2)[C@H](O)[C@H]1O)OC(=O)CCCCCCCCCCCCCCCCC. The fraction of sp³-hybridized carbons (Fsp3) is 0.818. The number of hydrogen-bond acceptors (Lipinski definition) is 13. The number of nitrogens with one attached hydrogen (secondary N) is 1. The zero-order valence-electron chi connectivity index (χ0n) is 44.1. The third kappa shape index (κ3) is 33.5. The summed E-state index contributed by atoms with van der Waals surface area (Å²) >= 11 is 2.10. The Hall–Kier alpha value is -2.42. The van der Waals surface area contributed by atoms with Crippen LogP contribution in [0.4, 0.5) is 0 Å². The summed E-state index contributed by atoms with van der Waals surface area (Å²) in [5.74, 6) is -3.53. The Morgan fingerprint density at radius 3 is 1.47 bits per heavy atom. The number of rotatable bonds is 45. The first-order valence-corrected chi connectivity index (χ1v) is 30.6. The standard InChI is InChI=1S/C55H94INO14S/c1-3-5-7-9-11-13-15-17-19-21-23-25-27-29-31-33-48(58)67-41-46(69-49(59)34-32-30-28-26-24-22-20-18-16-14-12-10-8-6-4-2)42-68-55-52(62)51(61)53(47(70-55)43-72(64,65)66)71-50(60)39-40-57-54(63)44-35-37-45(56)38-36-44/h35-38,46-47,51-53,55,61-62H,3-34,39-43H2,1-2H3,(H,57,63)(H,64,65,66)/t46?,47-,51-,52-,53-,55?/m1/s1. The highest BCUT2D eigenvalue weighted by molar-refractivity contribution is 14.1. The van der Waals surface area contributed by atoms with Crippen molar-refractivity contribution in [1.82, 2.24) is 5.32 Å². The molecule has 416 valence electrons. The van der Waals surface area contributed by atoms with E-state index in [-0.39, 0.29) is 32.4 Å². The van der Waals surface area contributed by atoms with Gasteiger partial charge < -0.3 is 39.2 Å². The molecule has 2 rings (SSSR count). The molecule has 1 aromatic rings. The molecule has 15 nitrogen and oxygen atoms in total. The van der Waals surface area contributed by atoms with Crippen LogP contribution < -0.4 is 5.32 Å². The van der Waals surface area contributed by atoms with E-state index in [9.17, 15) is 42.4 Å². The van der Waals surface area contributed by atoms with E-state index >= 15 is 0 Å². The number of carbonyl (C=O) groups is 4. The number of benzene rings is 1. The molecule has 1 heterocycles. The lowest BCUT2D eigenvalue weighted by molar-refractivity contribution is -0.299. The highest BCUT2D eigenvalue weighted by Gasteiger charge is 2.49. The summed E-state index contributed by atoms with van der Waals surface area (Å²) in [5, 5.41) is 24.7. The van der Waals surface area contributed by atoms with Gasteiger partial charge in [-0.2, -0.15) is 8.42 Å². The molecule has 1 amide bonds. The second kappa shape index (κ2) is 41.8. The number of aliphatic hydroxyl groups is 2. The van der Waals surface area contributed by atoms with Crippen LogP contribution in [0, 0.1) is 3.57 Å². The number of aliphatic hydroxyl groups excluding tert-OH is 2. The largest absolute Gasteiger partial charge is 0.462 e. The normalized spacial score (nSPS) is 18.4. The molecule has 1 aliphatic heterocycles. The molecule has 0 aliphatic carbocycles. The summed E-state index contributed by atoms with van der Waals surface area (Å²) < 4.78 is 62.7.